The molecule has 0 aromatic heterocycles. The molecule has 0 saturated carbocycles. The van der Waals surface area contributed by atoms with Crippen LogP contribution in [0, 0.1) is 0 Å². The van der Waals surface area contributed by atoms with Crippen molar-refractivity contribution in [1.29, 1.82) is 0 Å². The Labute approximate surface area is 106 Å². The highest BCUT2D eigenvalue weighted by Gasteiger charge is 2.08. The maximum atomic E-state index is 10.6. The third-order valence-corrected chi connectivity index (χ3v) is 2.44. The van der Waals surface area contributed by atoms with Crippen molar-refractivity contribution < 1.29 is 19.4 Å². The van der Waals surface area contributed by atoms with Crippen LogP contribution in [0.4, 0.5) is 0 Å². The summed E-state index contributed by atoms with van der Waals surface area (Å²) in [6, 6.07) is 4.49. The van der Waals surface area contributed by atoms with Crippen molar-refractivity contribution in [3.8, 4) is 11.5 Å². The van der Waals surface area contributed by atoms with Crippen LogP contribution in [-0.4, -0.2) is 31.3 Å². The standard InChI is InChI=1S/C13H17NO4/c1-17-10-6-7-12(18-2)9(8-10)4-3-5-11(14)13(15)16/h3-4,6-8,11H,5,14H2,1-2H3,(H,15,16)/b4-3+. The molecule has 0 radical (unpaired) electrons. The number of carbonyl (C=O) groups is 1. The third-order valence-electron chi connectivity index (χ3n) is 2.44. The van der Waals surface area contributed by atoms with Crippen molar-refractivity contribution in [2.75, 3.05) is 14.2 Å². The van der Waals surface area contributed by atoms with Gasteiger partial charge in [-0.05, 0) is 24.6 Å². The molecule has 18 heavy (non-hydrogen) atoms. The van der Waals surface area contributed by atoms with Crippen LogP contribution in [0.25, 0.3) is 6.08 Å². The molecular formula is C13H17NO4. The normalized spacial score (nSPS) is 12.4. The van der Waals surface area contributed by atoms with Crippen LogP contribution in [0.5, 0.6) is 11.5 Å². The zero-order chi connectivity index (χ0) is 13.5. The Bertz CT molecular complexity index is 443. The first kappa shape index (κ1) is 14.1. The number of ether oxygens (including phenoxy) is 2. The number of carboxylic acid groups (broad SMARTS) is 1. The number of hydrogen-bond donors (Lipinski definition) is 2. The van der Waals surface area contributed by atoms with E-state index in [4.69, 9.17) is 20.3 Å². The van der Waals surface area contributed by atoms with Gasteiger partial charge in [0.2, 0.25) is 0 Å². The van der Waals surface area contributed by atoms with E-state index in [2.05, 4.69) is 0 Å². The molecule has 1 aromatic rings. The van der Waals surface area contributed by atoms with E-state index in [9.17, 15) is 4.79 Å². The van der Waals surface area contributed by atoms with E-state index in [1.54, 1.807) is 38.5 Å². The predicted octanol–water partition coefficient (Wildman–Crippen LogP) is 1.52. The van der Waals surface area contributed by atoms with Gasteiger partial charge in [0.1, 0.15) is 17.5 Å². The summed E-state index contributed by atoms with van der Waals surface area (Å²) in [5, 5.41) is 8.66. The number of nitrogens with two attached hydrogens (primary N) is 1. The molecule has 98 valence electrons. The smallest absolute Gasteiger partial charge is 0.320 e. The van der Waals surface area contributed by atoms with Crippen LogP contribution in [0.2, 0.25) is 0 Å². The molecular weight excluding hydrogens is 234 g/mol. The zero-order valence-corrected chi connectivity index (χ0v) is 10.4. The van der Waals surface area contributed by atoms with Gasteiger partial charge in [0, 0.05) is 5.56 Å². The predicted molar refractivity (Wildman–Crippen MR) is 68.8 cm³/mol. The molecule has 0 aliphatic rings. The molecule has 1 unspecified atom stereocenters. The molecule has 0 saturated heterocycles. The molecule has 0 spiro atoms. The summed E-state index contributed by atoms with van der Waals surface area (Å²) < 4.78 is 10.3. The number of rotatable bonds is 6. The second-order valence-electron chi connectivity index (χ2n) is 3.69. The fourth-order valence-electron chi connectivity index (χ4n) is 1.41. The van der Waals surface area contributed by atoms with Gasteiger partial charge in [-0.15, -0.1) is 0 Å². The molecule has 0 aliphatic heterocycles. The lowest BCUT2D eigenvalue weighted by molar-refractivity contribution is -0.138. The van der Waals surface area contributed by atoms with Crippen molar-refractivity contribution >= 4 is 12.0 Å². The van der Waals surface area contributed by atoms with Gasteiger partial charge in [-0.1, -0.05) is 12.2 Å². The highest BCUT2D eigenvalue weighted by atomic mass is 16.5. The number of aliphatic carboxylic acids is 1. The van der Waals surface area contributed by atoms with Crippen LogP contribution in [0.3, 0.4) is 0 Å². The first-order chi connectivity index (χ1) is 8.58. The van der Waals surface area contributed by atoms with Gasteiger partial charge in [0.05, 0.1) is 14.2 Å². The topological polar surface area (TPSA) is 81.8 Å². The number of hydrogen-bond acceptors (Lipinski definition) is 4. The molecule has 1 aromatic carbocycles. The van der Waals surface area contributed by atoms with Gasteiger partial charge in [-0.3, -0.25) is 4.79 Å². The zero-order valence-electron chi connectivity index (χ0n) is 10.4. The highest BCUT2D eigenvalue weighted by Crippen LogP contribution is 2.25. The van der Waals surface area contributed by atoms with E-state index in [0.29, 0.717) is 11.5 Å². The van der Waals surface area contributed by atoms with Gasteiger partial charge >= 0.3 is 5.97 Å². The Kier molecular flexibility index (Phi) is 5.20. The molecule has 5 nitrogen and oxygen atoms in total. The summed E-state index contributed by atoms with van der Waals surface area (Å²) in [6.45, 7) is 0. The molecule has 0 bridgehead atoms. The maximum absolute atomic E-state index is 10.6. The first-order valence-corrected chi connectivity index (χ1v) is 5.45. The molecule has 0 heterocycles. The van der Waals surface area contributed by atoms with Gasteiger partial charge in [-0.25, -0.2) is 0 Å². The number of benzene rings is 1. The third kappa shape index (κ3) is 3.78. The number of methoxy groups -OCH3 is 2. The molecule has 1 atom stereocenters. The van der Waals surface area contributed by atoms with Crippen molar-refractivity contribution in [1.82, 2.24) is 0 Å². The number of carboxylic acids is 1. The summed E-state index contributed by atoms with van der Waals surface area (Å²) in [5.41, 5.74) is 6.21. The summed E-state index contributed by atoms with van der Waals surface area (Å²) >= 11 is 0. The Hall–Kier alpha value is -2.01. The summed E-state index contributed by atoms with van der Waals surface area (Å²) in [4.78, 5) is 10.6. The lowest BCUT2D eigenvalue weighted by Gasteiger charge is -2.07. The highest BCUT2D eigenvalue weighted by molar-refractivity contribution is 5.73. The quantitative estimate of drug-likeness (QED) is 0.801. The van der Waals surface area contributed by atoms with Crippen LogP contribution >= 0.6 is 0 Å². The fourth-order valence-corrected chi connectivity index (χ4v) is 1.41. The lowest BCUT2D eigenvalue weighted by atomic mass is 10.1. The Morgan fingerprint density at radius 2 is 2.17 bits per heavy atom. The van der Waals surface area contributed by atoms with E-state index < -0.39 is 12.0 Å². The summed E-state index contributed by atoms with van der Waals surface area (Å²) in [6.07, 6.45) is 3.73. The van der Waals surface area contributed by atoms with Crippen LogP contribution < -0.4 is 15.2 Å². The Morgan fingerprint density at radius 1 is 1.44 bits per heavy atom. The lowest BCUT2D eigenvalue weighted by Crippen LogP contribution is -2.29. The molecule has 3 N–H and O–H groups in total. The SMILES string of the molecule is COc1ccc(OC)c(/C=C/CC(N)C(=O)O)c1. The fraction of sp³-hybridized carbons (Fsp3) is 0.308. The minimum Gasteiger partial charge on any atom is -0.497 e. The molecule has 0 amide bonds. The van der Waals surface area contributed by atoms with Gasteiger partial charge in [-0.2, -0.15) is 0 Å². The summed E-state index contributed by atoms with van der Waals surface area (Å²) in [7, 11) is 3.15. The van der Waals surface area contributed by atoms with Gasteiger partial charge in [0.15, 0.2) is 0 Å². The van der Waals surface area contributed by atoms with E-state index in [1.807, 2.05) is 6.07 Å². The van der Waals surface area contributed by atoms with E-state index in [-0.39, 0.29) is 6.42 Å². The van der Waals surface area contributed by atoms with Crippen LogP contribution in [0.15, 0.2) is 24.3 Å². The van der Waals surface area contributed by atoms with Crippen molar-refractivity contribution in [2.45, 2.75) is 12.5 Å². The average molecular weight is 251 g/mol. The minimum atomic E-state index is -1.02. The average Bonchev–Trinajstić information content (AvgIpc) is 2.38. The maximum Gasteiger partial charge on any atom is 0.320 e. The molecule has 0 aliphatic carbocycles. The largest absolute Gasteiger partial charge is 0.497 e. The second kappa shape index (κ2) is 6.66. The van der Waals surface area contributed by atoms with E-state index in [0.717, 1.165) is 5.56 Å². The Morgan fingerprint density at radius 3 is 2.72 bits per heavy atom. The summed E-state index contributed by atoms with van der Waals surface area (Å²) in [5.74, 6) is 0.381. The van der Waals surface area contributed by atoms with E-state index >= 15 is 0 Å². The van der Waals surface area contributed by atoms with E-state index in [1.165, 1.54) is 0 Å². The Balaban J connectivity index is 2.81. The molecule has 1 rings (SSSR count). The monoisotopic (exact) mass is 251 g/mol. The van der Waals surface area contributed by atoms with Crippen LogP contribution in [0.1, 0.15) is 12.0 Å². The van der Waals surface area contributed by atoms with Crippen molar-refractivity contribution in [2.24, 2.45) is 5.73 Å². The van der Waals surface area contributed by atoms with Gasteiger partial charge < -0.3 is 20.3 Å². The molecule has 5 heteroatoms. The minimum absolute atomic E-state index is 0.260. The molecule has 0 fully saturated rings. The second-order valence-corrected chi connectivity index (χ2v) is 3.69. The van der Waals surface area contributed by atoms with Crippen molar-refractivity contribution in [3.63, 3.8) is 0 Å². The van der Waals surface area contributed by atoms with Gasteiger partial charge in [0.25, 0.3) is 0 Å². The van der Waals surface area contributed by atoms with Crippen molar-refractivity contribution in [3.05, 3.63) is 29.8 Å². The first-order valence-electron chi connectivity index (χ1n) is 5.45. The van der Waals surface area contributed by atoms with Crippen LogP contribution in [-0.2, 0) is 4.79 Å².